The van der Waals surface area contributed by atoms with Crippen molar-refractivity contribution in [3.8, 4) is 0 Å². The minimum Gasteiger partial charge on any atom is -0.362 e. The molecule has 2 rings (SSSR count). The number of hydrazine groups is 1. The highest BCUT2D eigenvalue weighted by atomic mass is 15.3. The van der Waals surface area contributed by atoms with Gasteiger partial charge in [0, 0.05) is 14.1 Å². The van der Waals surface area contributed by atoms with E-state index in [1.54, 1.807) is 6.20 Å². The van der Waals surface area contributed by atoms with Crippen molar-refractivity contribution in [1.29, 1.82) is 0 Å². The van der Waals surface area contributed by atoms with Gasteiger partial charge in [-0.25, -0.2) is 5.84 Å². The zero-order chi connectivity index (χ0) is 10.1. The van der Waals surface area contributed by atoms with E-state index >= 15 is 0 Å². The quantitative estimate of drug-likeness (QED) is 0.448. The van der Waals surface area contributed by atoms with Gasteiger partial charge >= 0.3 is 0 Å². The third-order valence-corrected chi connectivity index (χ3v) is 1.84. The Balaban J connectivity index is 2.70. The summed E-state index contributed by atoms with van der Waals surface area (Å²) in [7, 11) is 3.80. The Bertz CT molecular complexity index is 446. The van der Waals surface area contributed by atoms with E-state index in [1.165, 1.54) is 0 Å². The molecule has 2 heterocycles. The number of hydrogen-bond donors (Lipinski definition) is 3. The predicted molar refractivity (Wildman–Crippen MR) is 53.8 cm³/mol. The highest BCUT2D eigenvalue weighted by molar-refractivity contribution is 5.87. The van der Waals surface area contributed by atoms with Crippen LogP contribution >= 0.6 is 0 Å². The number of nitrogen functional groups attached to an aromatic ring is 1. The maximum absolute atomic E-state index is 5.25. The van der Waals surface area contributed by atoms with E-state index in [9.17, 15) is 0 Å². The summed E-state index contributed by atoms with van der Waals surface area (Å²) in [4.78, 5) is 10.2. The normalized spacial score (nSPS) is 10.5. The van der Waals surface area contributed by atoms with Gasteiger partial charge in [0.15, 0.2) is 5.65 Å². The predicted octanol–water partition coefficient (Wildman–Crippen LogP) is -0.296. The van der Waals surface area contributed by atoms with Gasteiger partial charge in [-0.15, -0.1) is 0 Å². The number of aromatic nitrogens is 4. The second kappa shape index (κ2) is 3.11. The number of nitrogens with two attached hydrogens (primary N) is 1. The smallest absolute Gasteiger partial charge is 0.241 e. The summed E-state index contributed by atoms with van der Waals surface area (Å²) in [6, 6.07) is 0. The lowest BCUT2D eigenvalue weighted by molar-refractivity contribution is 1.04. The molecule has 0 aliphatic rings. The molecule has 2 aromatic rings. The molecule has 14 heavy (non-hydrogen) atoms. The molecule has 0 saturated heterocycles. The Morgan fingerprint density at radius 3 is 2.86 bits per heavy atom. The molecule has 0 spiro atoms. The van der Waals surface area contributed by atoms with Crippen LogP contribution in [-0.2, 0) is 0 Å². The molecule has 7 nitrogen and oxygen atoms in total. The van der Waals surface area contributed by atoms with Gasteiger partial charge in [-0.05, 0) is 0 Å². The zero-order valence-corrected chi connectivity index (χ0v) is 7.94. The van der Waals surface area contributed by atoms with Gasteiger partial charge in [-0.1, -0.05) is 0 Å². The van der Waals surface area contributed by atoms with Crippen LogP contribution in [0, 0.1) is 0 Å². The van der Waals surface area contributed by atoms with Gasteiger partial charge < -0.3 is 4.90 Å². The second-order valence-corrected chi connectivity index (χ2v) is 3.04. The molecule has 0 bridgehead atoms. The molecule has 7 heteroatoms. The summed E-state index contributed by atoms with van der Waals surface area (Å²) in [6.07, 6.45) is 1.69. The maximum Gasteiger partial charge on any atom is 0.241 e. The Labute approximate surface area is 80.3 Å². The number of nitrogens with one attached hydrogen (secondary N) is 2. The summed E-state index contributed by atoms with van der Waals surface area (Å²) < 4.78 is 0. The van der Waals surface area contributed by atoms with Crippen LogP contribution in [0.3, 0.4) is 0 Å². The van der Waals surface area contributed by atoms with Crippen LogP contribution in [0.15, 0.2) is 6.20 Å². The molecule has 0 radical (unpaired) electrons. The van der Waals surface area contributed by atoms with Crippen molar-refractivity contribution in [3.05, 3.63) is 6.20 Å². The molecular weight excluding hydrogens is 182 g/mol. The number of rotatable bonds is 2. The van der Waals surface area contributed by atoms with E-state index in [4.69, 9.17) is 5.84 Å². The summed E-state index contributed by atoms with van der Waals surface area (Å²) >= 11 is 0. The average Bonchev–Trinajstić information content (AvgIpc) is 2.63. The van der Waals surface area contributed by atoms with Crippen LogP contribution in [0.1, 0.15) is 0 Å². The van der Waals surface area contributed by atoms with Crippen molar-refractivity contribution in [2.24, 2.45) is 5.84 Å². The van der Waals surface area contributed by atoms with Crippen molar-refractivity contribution >= 4 is 22.8 Å². The number of nitrogens with zero attached hydrogens (tertiary/aromatic N) is 4. The zero-order valence-electron chi connectivity index (χ0n) is 7.94. The first-order valence-corrected chi connectivity index (χ1v) is 4.07. The molecule has 0 aliphatic carbocycles. The van der Waals surface area contributed by atoms with Crippen molar-refractivity contribution < 1.29 is 0 Å². The van der Waals surface area contributed by atoms with Gasteiger partial charge in [0.25, 0.3) is 0 Å². The first-order chi connectivity index (χ1) is 6.72. The average molecular weight is 193 g/mol. The highest BCUT2D eigenvalue weighted by Gasteiger charge is 2.09. The van der Waals surface area contributed by atoms with Crippen LogP contribution in [0.4, 0.5) is 11.8 Å². The Kier molecular flexibility index (Phi) is 1.93. The summed E-state index contributed by atoms with van der Waals surface area (Å²) in [5.74, 6) is 6.39. The van der Waals surface area contributed by atoms with Gasteiger partial charge in [0.2, 0.25) is 5.95 Å². The van der Waals surface area contributed by atoms with Gasteiger partial charge in [-0.3, -0.25) is 10.5 Å². The molecule has 74 valence electrons. The molecule has 0 saturated carbocycles. The molecule has 0 amide bonds. The molecule has 0 fully saturated rings. The molecule has 0 atom stereocenters. The van der Waals surface area contributed by atoms with Gasteiger partial charge in [-0.2, -0.15) is 15.1 Å². The van der Waals surface area contributed by atoms with Crippen molar-refractivity contribution in [2.45, 2.75) is 0 Å². The first-order valence-electron chi connectivity index (χ1n) is 4.07. The minimum atomic E-state index is 0.366. The number of hydrogen-bond acceptors (Lipinski definition) is 6. The Hall–Kier alpha value is -1.89. The molecule has 4 N–H and O–H groups in total. The Morgan fingerprint density at radius 2 is 2.21 bits per heavy atom. The molecule has 2 aromatic heterocycles. The SMILES string of the molecule is CN(C)c1nc(NN)nc2[nH]ncc12. The van der Waals surface area contributed by atoms with Crippen LogP contribution in [-0.4, -0.2) is 34.3 Å². The third-order valence-electron chi connectivity index (χ3n) is 1.84. The van der Waals surface area contributed by atoms with Crippen LogP contribution in [0.2, 0.25) is 0 Å². The molecule has 0 aromatic carbocycles. The van der Waals surface area contributed by atoms with Crippen LogP contribution in [0.25, 0.3) is 11.0 Å². The van der Waals surface area contributed by atoms with E-state index < -0.39 is 0 Å². The van der Waals surface area contributed by atoms with Crippen molar-refractivity contribution in [2.75, 3.05) is 24.4 Å². The van der Waals surface area contributed by atoms with Gasteiger partial charge in [0.05, 0.1) is 11.6 Å². The fourth-order valence-corrected chi connectivity index (χ4v) is 1.23. The van der Waals surface area contributed by atoms with E-state index in [0.717, 1.165) is 11.2 Å². The summed E-state index contributed by atoms with van der Waals surface area (Å²) in [6.45, 7) is 0. The lowest BCUT2D eigenvalue weighted by Crippen LogP contribution is -2.15. The minimum absolute atomic E-state index is 0.366. The fraction of sp³-hybridized carbons (Fsp3) is 0.286. The first kappa shape index (κ1) is 8.70. The number of anilines is 2. The summed E-state index contributed by atoms with van der Waals surface area (Å²) in [5.41, 5.74) is 3.07. The maximum atomic E-state index is 5.25. The largest absolute Gasteiger partial charge is 0.362 e. The monoisotopic (exact) mass is 193 g/mol. The number of aromatic amines is 1. The lowest BCUT2D eigenvalue weighted by atomic mass is 10.4. The van der Waals surface area contributed by atoms with Crippen LogP contribution < -0.4 is 16.2 Å². The second-order valence-electron chi connectivity index (χ2n) is 3.04. The fourth-order valence-electron chi connectivity index (χ4n) is 1.23. The lowest BCUT2D eigenvalue weighted by Gasteiger charge is -2.12. The van der Waals surface area contributed by atoms with Crippen molar-refractivity contribution in [3.63, 3.8) is 0 Å². The standard InChI is InChI=1S/C7H11N7/c1-14(2)6-4-3-9-13-5(4)10-7(11-6)12-8/h3H,8H2,1-2H3,(H2,9,10,11,12,13). The molecule has 0 aliphatic heterocycles. The Morgan fingerprint density at radius 1 is 1.43 bits per heavy atom. The highest BCUT2D eigenvalue weighted by Crippen LogP contribution is 2.21. The molecule has 0 unspecified atom stereocenters. The third kappa shape index (κ3) is 1.23. The van der Waals surface area contributed by atoms with E-state index in [2.05, 4.69) is 25.6 Å². The van der Waals surface area contributed by atoms with Crippen molar-refractivity contribution in [1.82, 2.24) is 20.2 Å². The number of H-pyrrole nitrogens is 1. The summed E-state index contributed by atoms with van der Waals surface area (Å²) in [5, 5.41) is 7.53. The number of fused-ring (bicyclic) bond motifs is 1. The van der Waals surface area contributed by atoms with E-state index in [0.29, 0.717) is 11.6 Å². The van der Waals surface area contributed by atoms with E-state index in [1.807, 2.05) is 19.0 Å². The van der Waals surface area contributed by atoms with E-state index in [-0.39, 0.29) is 0 Å². The molecular formula is C7H11N7. The topological polar surface area (TPSA) is 95.8 Å². The van der Waals surface area contributed by atoms with Gasteiger partial charge in [0.1, 0.15) is 5.82 Å². The van der Waals surface area contributed by atoms with Crippen LogP contribution in [0.5, 0.6) is 0 Å².